The Morgan fingerprint density at radius 3 is 2.65 bits per heavy atom. The number of rotatable bonds is 4. The number of hydrogen-bond acceptors (Lipinski definition) is 3. The zero-order valence-electron chi connectivity index (χ0n) is 10.6. The summed E-state index contributed by atoms with van der Waals surface area (Å²) in [5, 5.41) is 3.46. The van der Waals surface area contributed by atoms with E-state index in [2.05, 4.69) is 31.0 Å². The number of halogens is 3. The largest absolute Gasteiger partial charge is 0.441 e. The Labute approximate surface area is 105 Å². The molecule has 0 aromatic carbocycles. The van der Waals surface area contributed by atoms with Crippen molar-refractivity contribution >= 4 is 11.8 Å². The Hall–Kier alpha value is 0.0600. The van der Waals surface area contributed by atoms with Crippen LogP contribution in [0.1, 0.15) is 27.2 Å². The maximum absolute atomic E-state index is 12.1. The molecule has 0 aromatic heterocycles. The van der Waals surface area contributed by atoms with Gasteiger partial charge in [-0.15, -0.1) is 0 Å². The molecule has 102 valence electrons. The minimum absolute atomic E-state index is 0.0371. The molecule has 0 spiro atoms. The van der Waals surface area contributed by atoms with E-state index in [4.69, 9.17) is 0 Å². The summed E-state index contributed by atoms with van der Waals surface area (Å²) in [5.74, 6) is 0.119. The van der Waals surface area contributed by atoms with Gasteiger partial charge in [-0.2, -0.15) is 13.2 Å². The van der Waals surface area contributed by atoms with Gasteiger partial charge in [0.25, 0.3) is 0 Å². The SMILES string of the molecule is CCC1(C)CN(CCSC(F)(F)F)C(C)CN1. The molecule has 0 amide bonds. The van der Waals surface area contributed by atoms with Gasteiger partial charge in [-0.05, 0) is 32.0 Å². The minimum atomic E-state index is -4.11. The molecule has 0 aliphatic carbocycles. The first kappa shape index (κ1) is 15.1. The Morgan fingerprint density at radius 1 is 1.47 bits per heavy atom. The van der Waals surface area contributed by atoms with Gasteiger partial charge in [0.1, 0.15) is 0 Å². The lowest BCUT2D eigenvalue weighted by Gasteiger charge is -2.45. The Balaban J connectivity index is 2.40. The van der Waals surface area contributed by atoms with Gasteiger partial charge in [0.2, 0.25) is 0 Å². The lowest BCUT2D eigenvalue weighted by molar-refractivity contribution is -0.0330. The highest BCUT2D eigenvalue weighted by atomic mass is 32.2. The van der Waals surface area contributed by atoms with Crippen molar-refractivity contribution in [3.05, 3.63) is 0 Å². The molecule has 0 aromatic rings. The van der Waals surface area contributed by atoms with Gasteiger partial charge < -0.3 is 5.32 Å². The lowest BCUT2D eigenvalue weighted by Crippen LogP contribution is -2.62. The summed E-state index contributed by atoms with van der Waals surface area (Å²) in [7, 11) is 0. The average Bonchev–Trinajstić information content (AvgIpc) is 2.22. The molecule has 1 aliphatic rings. The highest BCUT2D eigenvalue weighted by molar-refractivity contribution is 8.00. The van der Waals surface area contributed by atoms with E-state index in [-0.39, 0.29) is 23.1 Å². The van der Waals surface area contributed by atoms with Crippen molar-refractivity contribution in [2.75, 3.05) is 25.4 Å². The third kappa shape index (κ3) is 5.06. The first-order chi connectivity index (χ1) is 7.76. The van der Waals surface area contributed by atoms with E-state index in [0.717, 1.165) is 19.5 Å². The Bertz CT molecular complexity index is 247. The van der Waals surface area contributed by atoms with Crippen LogP contribution in [0.15, 0.2) is 0 Å². The van der Waals surface area contributed by atoms with E-state index in [1.165, 1.54) is 0 Å². The zero-order valence-corrected chi connectivity index (χ0v) is 11.4. The van der Waals surface area contributed by atoms with Crippen LogP contribution in [-0.2, 0) is 0 Å². The number of thioether (sulfide) groups is 1. The molecule has 1 N–H and O–H groups in total. The molecule has 17 heavy (non-hydrogen) atoms. The second-order valence-corrected chi connectivity index (χ2v) is 6.07. The van der Waals surface area contributed by atoms with Crippen molar-refractivity contribution in [1.82, 2.24) is 10.2 Å². The van der Waals surface area contributed by atoms with Gasteiger partial charge in [-0.25, -0.2) is 0 Å². The highest BCUT2D eigenvalue weighted by Crippen LogP contribution is 2.30. The van der Waals surface area contributed by atoms with E-state index in [1.807, 2.05) is 0 Å². The van der Waals surface area contributed by atoms with Crippen LogP contribution in [0.5, 0.6) is 0 Å². The van der Waals surface area contributed by atoms with E-state index >= 15 is 0 Å². The normalized spacial score (nSPS) is 31.8. The molecule has 2 atom stereocenters. The van der Waals surface area contributed by atoms with Crippen LogP contribution >= 0.6 is 11.8 Å². The summed E-state index contributed by atoms with van der Waals surface area (Å²) in [6.07, 6.45) is 0.989. The van der Waals surface area contributed by atoms with E-state index < -0.39 is 5.51 Å². The predicted molar refractivity (Wildman–Crippen MR) is 66.2 cm³/mol. The van der Waals surface area contributed by atoms with Crippen LogP contribution < -0.4 is 5.32 Å². The monoisotopic (exact) mass is 270 g/mol. The first-order valence-electron chi connectivity index (χ1n) is 5.95. The highest BCUT2D eigenvalue weighted by Gasteiger charge is 2.33. The van der Waals surface area contributed by atoms with Crippen molar-refractivity contribution in [3.8, 4) is 0 Å². The molecule has 2 unspecified atom stereocenters. The third-order valence-corrected chi connectivity index (χ3v) is 4.14. The number of piperazine rings is 1. The number of alkyl halides is 3. The summed E-state index contributed by atoms with van der Waals surface area (Å²) in [5.41, 5.74) is -4.07. The maximum atomic E-state index is 12.1. The van der Waals surface area contributed by atoms with Crippen LogP contribution in [0.3, 0.4) is 0 Å². The van der Waals surface area contributed by atoms with Crippen molar-refractivity contribution in [3.63, 3.8) is 0 Å². The minimum Gasteiger partial charge on any atom is -0.309 e. The van der Waals surface area contributed by atoms with E-state index in [9.17, 15) is 13.2 Å². The molecule has 1 rings (SSSR count). The molecule has 1 fully saturated rings. The average molecular weight is 270 g/mol. The van der Waals surface area contributed by atoms with Crippen LogP contribution in [0.2, 0.25) is 0 Å². The molecule has 1 saturated heterocycles. The van der Waals surface area contributed by atoms with E-state index in [0.29, 0.717) is 12.6 Å². The molecule has 1 heterocycles. The molecule has 6 heteroatoms. The van der Waals surface area contributed by atoms with Crippen LogP contribution in [0, 0.1) is 0 Å². The topological polar surface area (TPSA) is 15.3 Å². The van der Waals surface area contributed by atoms with Gasteiger partial charge in [-0.1, -0.05) is 6.92 Å². The molecule has 0 bridgehead atoms. The van der Waals surface area contributed by atoms with E-state index in [1.54, 1.807) is 0 Å². The maximum Gasteiger partial charge on any atom is 0.441 e. The first-order valence-corrected chi connectivity index (χ1v) is 6.94. The van der Waals surface area contributed by atoms with Crippen molar-refractivity contribution in [2.24, 2.45) is 0 Å². The molecule has 0 saturated carbocycles. The Kier molecular flexibility index (Phi) is 5.16. The van der Waals surface area contributed by atoms with Gasteiger partial charge >= 0.3 is 5.51 Å². The lowest BCUT2D eigenvalue weighted by atomic mass is 9.94. The molecular weight excluding hydrogens is 249 g/mol. The molecule has 1 aliphatic heterocycles. The van der Waals surface area contributed by atoms with Gasteiger partial charge in [0.05, 0.1) is 0 Å². The quantitative estimate of drug-likeness (QED) is 0.845. The second kappa shape index (κ2) is 5.80. The van der Waals surface area contributed by atoms with Gasteiger partial charge in [0.15, 0.2) is 0 Å². The molecule has 2 nitrogen and oxygen atoms in total. The summed E-state index contributed by atoms with van der Waals surface area (Å²) < 4.78 is 36.2. The summed E-state index contributed by atoms with van der Waals surface area (Å²) in [4.78, 5) is 2.15. The standard InChI is InChI=1S/C11H21F3N2S/c1-4-10(3)8-16(9(2)7-15-10)5-6-17-11(12,13)14/h9,15H,4-8H2,1-3H3. The van der Waals surface area contributed by atoms with Crippen LogP contribution in [0.25, 0.3) is 0 Å². The number of hydrogen-bond donors (Lipinski definition) is 1. The summed E-state index contributed by atoms with van der Waals surface area (Å²) >= 11 is 0.0749. The fourth-order valence-corrected chi connectivity index (χ4v) is 2.56. The van der Waals surface area contributed by atoms with Crippen LogP contribution in [-0.4, -0.2) is 47.4 Å². The number of nitrogens with zero attached hydrogens (tertiary/aromatic N) is 1. The summed E-state index contributed by atoms with van der Waals surface area (Å²) in [6, 6.07) is 0.309. The summed E-state index contributed by atoms with van der Waals surface area (Å²) in [6.45, 7) is 8.46. The van der Waals surface area contributed by atoms with Crippen molar-refractivity contribution in [2.45, 2.75) is 44.3 Å². The number of nitrogens with one attached hydrogen (secondary N) is 1. The fourth-order valence-electron chi connectivity index (χ4n) is 2.00. The fraction of sp³-hybridized carbons (Fsp3) is 1.00. The van der Waals surface area contributed by atoms with Crippen molar-refractivity contribution in [1.29, 1.82) is 0 Å². The van der Waals surface area contributed by atoms with Crippen LogP contribution in [0.4, 0.5) is 13.2 Å². The Morgan fingerprint density at radius 2 is 2.12 bits per heavy atom. The van der Waals surface area contributed by atoms with Gasteiger partial charge in [-0.3, -0.25) is 4.90 Å². The molecular formula is C11H21F3N2S. The zero-order chi connectivity index (χ0) is 13.1. The third-order valence-electron chi connectivity index (χ3n) is 3.42. The predicted octanol–water partition coefficient (Wildman–Crippen LogP) is 2.70. The second-order valence-electron chi connectivity index (χ2n) is 4.91. The van der Waals surface area contributed by atoms with Gasteiger partial charge in [0, 0.05) is 37.0 Å². The molecule has 0 radical (unpaired) electrons. The smallest absolute Gasteiger partial charge is 0.309 e. The van der Waals surface area contributed by atoms with Crippen molar-refractivity contribution < 1.29 is 13.2 Å².